The molecule has 2 atom stereocenters. The van der Waals surface area contributed by atoms with Gasteiger partial charge in [-0.25, -0.2) is 0 Å². The Kier molecular flexibility index (Phi) is 3.13. The van der Waals surface area contributed by atoms with Crippen LogP contribution in [0.5, 0.6) is 0 Å². The van der Waals surface area contributed by atoms with Gasteiger partial charge in [0.25, 0.3) is 0 Å². The minimum absolute atomic E-state index is 0.171. The summed E-state index contributed by atoms with van der Waals surface area (Å²) in [5.74, 6) is 0. The van der Waals surface area contributed by atoms with Crippen molar-refractivity contribution in [3.63, 3.8) is 0 Å². The fourth-order valence-corrected chi connectivity index (χ4v) is 2.85. The van der Waals surface area contributed by atoms with E-state index in [0.29, 0.717) is 0 Å². The van der Waals surface area contributed by atoms with Crippen LogP contribution in [-0.2, 0) is 4.74 Å². The molecule has 0 saturated carbocycles. The van der Waals surface area contributed by atoms with Gasteiger partial charge in [0.2, 0.25) is 0 Å². The quantitative estimate of drug-likeness (QED) is 0.686. The van der Waals surface area contributed by atoms with E-state index in [2.05, 4.69) is 64.2 Å². The third kappa shape index (κ3) is 2.98. The summed E-state index contributed by atoms with van der Waals surface area (Å²) in [4.78, 5) is 0. The second-order valence-electron chi connectivity index (χ2n) is 5.83. The highest BCUT2D eigenvalue weighted by molar-refractivity contribution is 5.27. The maximum absolute atomic E-state index is 6.39. The standard InChI is InChI=1S/C16H22O/c1-13-7-5-9-15(3,11-13)17-16(4)10-6-8-14(2)12-16/h5-10H,11-12H2,1-4H3. The molecule has 2 aliphatic carbocycles. The Labute approximate surface area is 105 Å². The molecule has 0 aromatic carbocycles. The average molecular weight is 230 g/mol. The van der Waals surface area contributed by atoms with Crippen LogP contribution >= 0.6 is 0 Å². The summed E-state index contributed by atoms with van der Waals surface area (Å²) < 4.78 is 6.39. The SMILES string of the molecule is CC1=CC=CC(C)(OC2(C)C=CC=C(C)C2)C1. The summed E-state index contributed by atoms with van der Waals surface area (Å²) in [5, 5.41) is 0. The Morgan fingerprint density at radius 1 is 0.882 bits per heavy atom. The second-order valence-corrected chi connectivity index (χ2v) is 5.83. The van der Waals surface area contributed by atoms with E-state index in [1.54, 1.807) is 0 Å². The maximum atomic E-state index is 6.39. The number of hydrogen-bond donors (Lipinski definition) is 0. The van der Waals surface area contributed by atoms with Gasteiger partial charge < -0.3 is 4.74 Å². The van der Waals surface area contributed by atoms with Crippen LogP contribution in [0.25, 0.3) is 0 Å². The van der Waals surface area contributed by atoms with Gasteiger partial charge in [0.15, 0.2) is 0 Å². The lowest BCUT2D eigenvalue weighted by molar-refractivity contribution is -0.0889. The zero-order valence-electron chi connectivity index (χ0n) is 11.3. The molecule has 1 nitrogen and oxygen atoms in total. The molecule has 0 fully saturated rings. The van der Waals surface area contributed by atoms with Crippen molar-refractivity contribution in [1.82, 2.24) is 0 Å². The molecule has 0 radical (unpaired) electrons. The van der Waals surface area contributed by atoms with Crippen LogP contribution in [0.4, 0.5) is 0 Å². The van der Waals surface area contributed by atoms with Crippen LogP contribution in [0.2, 0.25) is 0 Å². The first-order valence-corrected chi connectivity index (χ1v) is 6.31. The summed E-state index contributed by atoms with van der Waals surface area (Å²) in [6, 6.07) is 0. The summed E-state index contributed by atoms with van der Waals surface area (Å²) in [5.41, 5.74) is 2.42. The lowest BCUT2D eigenvalue weighted by atomic mass is 9.87. The summed E-state index contributed by atoms with van der Waals surface area (Å²) in [7, 11) is 0. The van der Waals surface area contributed by atoms with Crippen LogP contribution in [-0.4, -0.2) is 11.2 Å². The fourth-order valence-electron chi connectivity index (χ4n) is 2.85. The van der Waals surface area contributed by atoms with E-state index in [9.17, 15) is 0 Å². The van der Waals surface area contributed by atoms with Crippen LogP contribution in [0, 0.1) is 0 Å². The van der Waals surface area contributed by atoms with Crippen molar-refractivity contribution >= 4 is 0 Å². The molecule has 0 spiro atoms. The van der Waals surface area contributed by atoms with Gasteiger partial charge in [0.1, 0.15) is 0 Å². The van der Waals surface area contributed by atoms with Gasteiger partial charge in [-0.15, -0.1) is 0 Å². The van der Waals surface area contributed by atoms with Crippen LogP contribution in [0.15, 0.2) is 47.6 Å². The third-order valence-corrected chi connectivity index (χ3v) is 3.39. The summed E-state index contributed by atoms with van der Waals surface area (Å²) >= 11 is 0. The molecule has 17 heavy (non-hydrogen) atoms. The van der Waals surface area contributed by atoms with Crippen molar-refractivity contribution in [2.75, 3.05) is 0 Å². The predicted molar refractivity (Wildman–Crippen MR) is 72.9 cm³/mol. The molecule has 0 saturated heterocycles. The van der Waals surface area contributed by atoms with Gasteiger partial charge >= 0.3 is 0 Å². The molecule has 2 rings (SSSR count). The van der Waals surface area contributed by atoms with Crippen molar-refractivity contribution in [3.8, 4) is 0 Å². The van der Waals surface area contributed by atoms with Gasteiger partial charge in [-0.05, 0) is 27.7 Å². The monoisotopic (exact) mass is 230 g/mol. The van der Waals surface area contributed by atoms with E-state index in [4.69, 9.17) is 4.74 Å². The van der Waals surface area contributed by atoms with E-state index in [1.807, 2.05) is 0 Å². The van der Waals surface area contributed by atoms with Gasteiger partial charge in [-0.2, -0.15) is 0 Å². The van der Waals surface area contributed by atoms with Gasteiger partial charge in [0, 0.05) is 12.8 Å². The smallest absolute Gasteiger partial charge is 0.0886 e. The highest BCUT2D eigenvalue weighted by atomic mass is 16.5. The molecule has 0 N–H and O–H groups in total. The lowest BCUT2D eigenvalue weighted by Crippen LogP contribution is -2.40. The van der Waals surface area contributed by atoms with Crippen LogP contribution in [0.1, 0.15) is 40.5 Å². The lowest BCUT2D eigenvalue weighted by Gasteiger charge is -2.39. The van der Waals surface area contributed by atoms with E-state index in [0.717, 1.165) is 12.8 Å². The fraction of sp³-hybridized carbons (Fsp3) is 0.500. The van der Waals surface area contributed by atoms with E-state index < -0.39 is 0 Å². The predicted octanol–water partition coefficient (Wildman–Crippen LogP) is 4.33. The molecular formula is C16H22O. The van der Waals surface area contributed by atoms with Crippen molar-refractivity contribution in [1.29, 1.82) is 0 Å². The van der Waals surface area contributed by atoms with E-state index in [-0.39, 0.29) is 11.2 Å². The highest BCUT2D eigenvalue weighted by Gasteiger charge is 2.34. The molecule has 0 heterocycles. The molecule has 0 aromatic rings. The highest BCUT2D eigenvalue weighted by Crippen LogP contribution is 2.35. The molecule has 92 valence electrons. The normalized spacial score (nSPS) is 36.7. The maximum Gasteiger partial charge on any atom is 0.0886 e. The molecule has 0 aliphatic heterocycles. The third-order valence-electron chi connectivity index (χ3n) is 3.39. The number of hydrogen-bond acceptors (Lipinski definition) is 1. The second kappa shape index (κ2) is 4.30. The topological polar surface area (TPSA) is 9.23 Å². The zero-order valence-corrected chi connectivity index (χ0v) is 11.3. The minimum atomic E-state index is -0.171. The number of allylic oxidation sites excluding steroid dienone is 4. The number of ether oxygens (including phenoxy) is 1. The Bertz CT molecular complexity index is 385. The van der Waals surface area contributed by atoms with Crippen LogP contribution < -0.4 is 0 Å². The molecule has 2 unspecified atom stereocenters. The minimum Gasteiger partial charge on any atom is -0.360 e. The first-order valence-electron chi connectivity index (χ1n) is 6.31. The van der Waals surface area contributed by atoms with E-state index in [1.165, 1.54) is 11.1 Å². The Morgan fingerprint density at radius 3 is 1.65 bits per heavy atom. The average Bonchev–Trinajstić information content (AvgIpc) is 2.14. The Morgan fingerprint density at radius 2 is 1.29 bits per heavy atom. The molecule has 2 aliphatic rings. The molecule has 0 amide bonds. The van der Waals surface area contributed by atoms with Gasteiger partial charge in [-0.3, -0.25) is 0 Å². The first-order chi connectivity index (χ1) is 7.91. The van der Waals surface area contributed by atoms with Crippen molar-refractivity contribution in [3.05, 3.63) is 47.6 Å². The molecule has 1 heteroatoms. The number of rotatable bonds is 2. The van der Waals surface area contributed by atoms with E-state index >= 15 is 0 Å². The summed E-state index contributed by atoms with van der Waals surface area (Å²) in [6.45, 7) is 8.67. The summed E-state index contributed by atoms with van der Waals surface area (Å²) in [6.07, 6.45) is 14.9. The van der Waals surface area contributed by atoms with Crippen molar-refractivity contribution < 1.29 is 4.74 Å². The molecular weight excluding hydrogens is 208 g/mol. The largest absolute Gasteiger partial charge is 0.360 e. The molecule has 0 bridgehead atoms. The molecule has 0 aromatic heterocycles. The first kappa shape index (κ1) is 12.4. The van der Waals surface area contributed by atoms with Gasteiger partial charge in [0.05, 0.1) is 11.2 Å². The Balaban J connectivity index is 2.12. The van der Waals surface area contributed by atoms with Gasteiger partial charge in [-0.1, -0.05) is 47.6 Å². The Hall–Kier alpha value is -1.08. The van der Waals surface area contributed by atoms with Crippen LogP contribution in [0.3, 0.4) is 0 Å². The van der Waals surface area contributed by atoms with Crippen molar-refractivity contribution in [2.45, 2.75) is 51.7 Å². The zero-order chi connectivity index (χ0) is 12.5. The van der Waals surface area contributed by atoms with Crippen molar-refractivity contribution in [2.24, 2.45) is 0 Å².